The first-order valence-corrected chi connectivity index (χ1v) is 7.59. The van der Waals surface area contributed by atoms with E-state index < -0.39 is 11.6 Å². The van der Waals surface area contributed by atoms with Crippen LogP contribution in [0.2, 0.25) is 0 Å². The molecular weight excluding hydrogens is 304 g/mol. The summed E-state index contributed by atoms with van der Waals surface area (Å²) >= 11 is 0. The van der Waals surface area contributed by atoms with Gasteiger partial charge >= 0.3 is 0 Å². The normalized spacial score (nSPS) is 22.8. The average molecular weight is 322 g/mol. The molecule has 0 radical (unpaired) electrons. The zero-order valence-electron chi connectivity index (χ0n) is 13.2. The number of allylic oxidation sites excluding steroid dienone is 1. The molecule has 5 nitrogen and oxygen atoms in total. The molecular formula is C19H18N2O3. The van der Waals surface area contributed by atoms with Gasteiger partial charge in [0, 0.05) is 12.1 Å². The molecule has 5 heteroatoms. The highest BCUT2D eigenvalue weighted by molar-refractivity contribution is 6.29. The number of aliphatic hydroxyl groups is 2. The van der Waals surface area contributed by atoms with Crippen molar-refractivity contribution in [2.45, 2.75) is 19.2 Å². The van der Waals surface area contributed by atoms with Gasteiger partial charge in [0.15, 0.2) is 0 Å². The Hall–Kier alpha value is -2.92. The molecule has 2 aromatic carbocycles. The molecule has 1 aliphatic heterocycles. The van der Waals surface area contributed by atoms with Gasteiger partial charge in [-0.3, -0.25) is 15.1 Å². The Labute approximate surface area is 140 Å². The van der Waals surface area contributed by atoms with E-state index in [1.807, 2.05) is 30.3 Å². The number of carbonyl (C=O) groups is 1. The van der Waals surface area contributed by atoms with Crippen LogP contribution in [0.4, 0.5) is 0 Å². The number of nitrogens with one attached hydrogen (secondary N) is 1. The van der Waals surface area contributed by atoms with E-state index in [1.165, 1.54) is 11.8 Å². The van der Waals surface area contributed by atoms with Gasteiger partial charge in [-0.05, 0) is 12.5 Å². The zero-order valence-corrected chi connectivity index (χ0v) is 13.2. The van der Waals surface area contributed by atoms with Crippen molar-refractivity contribution in [2.75, 3.05) is 0 Å². The number of benzene rings is 2. The van der Waals surface area contributed by atoms with E-state index in [0.29, 0.717) is 5.56 Å². The fourth-order valence-electron chi connectivity index (χ4n) is 2.96. The van der Waals surface area contributed by atoms with E-state index in [-0.39, 0.29) is 23.6 Å². The van der Waals surface area contributed by atoms with Crippen molar-refractivity contribution in [2.24, 2.45) is 0 Å². The van der Waals surface area contributed by atoms with Gasteiger partial charge in [-0.2, -0.15) is 0 Å². The maximum atomic E-state index is 12.8. The highest BCUT2D eigenvalue weighted by atomic mass is 16.3. The van der Waals surface area contributed by atoms with Gasteiger partial charge in [0.1, 0.15) is 17.0 Å². The monoisotopic (exact) mass is 322 g/mol. The summed E-state index contributed by atoms with van der Waals surface area (Å²) in [6, 6.07) is 17.8. The van der Waals surface area contributed by atoms with Crippen LogP contribution in [0, 0.1) is 5.41 Å². The second kappa shape index (κ2) is 5.94. The lowest BCUT2D eigenvalue weighted by Crippen LogP contribution is -2.46. The van der Waals surface area contributed by atoms with Crippen LogP contribution in [0.3, 0.4) is 0 Å². The van der Waals surface area contributed by atoms with Crippen molar-refractivity contribution in [3.63, 3.8) is 0 Å². The Morgan fingerprint density at radius 3 is 2.17 bits per heavy atom. The van der Waals surface area contributed by atoms with E-state index in [1.54, 1.807) is 30.3 Å². The second-order valence-electron chi connectivity index (χ2n) is 5.75. The lowest BCUT2D eigenvalue weighted by atomic mass is 9.95. The van der Waals surface area contributed by atoms with Crippen LogP contribution in [0.25, 0.3) is 0 Å². The van der Waals surface area contributed by atoms with Crippen molar-refractivity contribution >= 4 is 11.6 Å². The Morgan fingerprint density at radius 1 is 1.08 bits per heavy atom. The number of carbonyl (C=O) groups excluding carboxylic acids is 1. The molecule has 1 aliphatic rings. The van der Waals surface area contributed by atoms with E-state index >= 15 is 0 Å². The molecule has 3 N–H and O–H groups in total. The van der Waals surface area contributed by atoms with Crippen molar-refractivity contribution < 1.29 is 15.0 Å². The molecule has 24 heavy (non-hydrogen) atoms. The van der Waals surface area contributed by atoms with Crippen molar-refractivity contribution in [1.82, 2.24) is 4.90 Å². The maximum Gasteiger partial charge on any atom is 0.262 e. The fourth-order valence-corrected chi connectivity index (χ4v) is 2.96. The molecule has 0 bridgehead atoms. The number of nitrogens with zero attached hydrogens (tertiary/aromatic N) is 1. The average Bonchev–Trinajstić information content (AvgIpc) is 2.78. The molecule has 0 spiro atoms. The first-order valence-electron chi connectivity index (χ1n) is 7.59. The lowest BCUT2D eigenvalue weighted by molar-refractivity contribution is -0.141. The van der Waals surface area contributed by atoms with Crippen LogP contribution >= 0.6 is 0 Å². The molecule has 0 aromatic heterocycles. The van der Waals surface area contributed by atoms with Gasteiger partial charge in [0.2, 0.25) is 5.72 Å². The minimum atomic E-state index is -1.91. The molecule has 0 aliphatic carbocycles. The molecule has 1 fully saturated rings. The third kappa shape index (κ3) is 2.39. The third-order valence-electron chi connectivity index (χ3n) is 4.17. The van der Waals surface area contributed by atoms with Gasteiger partial charge in [-0.25, -0.2) is 0 Å². The Morgan fingerprint density at radius 2 is 1.62 bits per heavy atom. The molecule has 1 saturated heterocycles. The summed E-state index contributed by atoms with van der Waals surface area (Å²) in [7, 11) is 0. The number of likely N-dealkylation sites (tertiary alicyclic amines) is 1. The van der Waals surface area contributed by atoms with Crippen LogP contribution in [0.1, 0.15) is 18.1 Å². The van der Waals surface area contributed by atoms with Gasteiger partial charge < -0.3 is 10.2 Å². The molecule has 122 valence electrons. The summed E-state index contributed by atoms with van der Waals surface area (Å²) in [5.41, 5.74) is -1.14. The summed E-state index contributed by atoms with van der Waals surface area (Å²) in [6.07, 6.45) is 0. The highest BCUT2D eigenvalue weighted by Crippen LogP contribution is 2.39. The van der Waals surface area contributed by atoms with E-state index in [9.17, 15) is 15.0 Å². The van der Waals surface area contributed by atoms with Gasteiger partial charge in [0.25, 0.3) is 5.91 Å². The molecule has 1 unspecified atom stereocenters. The third-order valence-corrected chi connectivity index (χ3v) is 4.17. The molecule has 1 atom stereocenters. The molecule has 1 amide bonds. The Kier molecular flexibility index (Phi) is 3.95. The van der Waals surface area contributed by atoms with E-state index in [4.69, 9.17) is 5.41 Å². The SMILES string of the molecule is C/C(O)=C1/C(=N)C(O)(c2ccccc2)N(Cc2ccccc2)C1=O. The van der Waals surface area contributed by atoms with Gasteiger partial charge in [-0.15, -0.1) is 0 Å². The molecule has 3 rings (SSSR count). The molecule has 2 aromatic rings. The number of hydrogen-bond donors (Lipinski definition) is 3. The topological polar surface area (TPSA) is 84.6 Å². The lowest BCUT2D eigenvalue weighted by Gasteiger charge is -2.33. The van der Waals surface area contributed by atoms with Gasteiger partial charge in [0.05, 0.1) is 0 Å². The fraction of sp³-hybridized carbons (Fsp3) is 0.158. The smallest absolute Gasteiger partial charge is 0.262 e. The predicted octanol–water partition coefficient (Wildman–Crippen LogP) is 2.73. The largest absolute Gasteiger partial charge is 0.512 e. The van der Waals surface area contributed by atoms with Crippen LogP contribution in [0.15, 0.2) is 72.0 Å². The number of aliphatic hydroxyl groups excluding tert-OH is 1. The highest BCUT2D eigenvalue weighted by Gasteiger charge is 2.54. The number of hydrogen-bond acceptors (Lipinski definition) is 4. The summed E-state index contributed by atoms with van der Waals surface area (Å²) in [6.45, 7) is 1.48. The summed E-state index contributed by atoms with van der Waals surface area (Å²) in [5.74, 6) is -0.829. The van der Waals surface area contributed by atoms with Crippen molar-refractivity contribution in [1.29, 1.82) is 5.41 Å². The Balaban J connectivity index is 2.14. The van der Waals surface area contributed by atoms with Crippen molar-refractivity contribution in [3.05, 3.63) is 83.1 Å². The van der Waals surface area contributed by atoms with Crippen LogP contribution in [0.5, 0.6) is 0 Å². The Bertz CT molecular complexity index is 811. The summed E-state index contributed by atoms with van der Waals surface area (Å²) in [4.78, 5) is 14.0. The van der Waals surface area contributed by atoms with Crippen LogP contribution in [-0.4, -0.2) is 26.7 Å². The first kappa shape index (κ1) is 16.0. The molecule has 1 heterocycles. The first-order chi connectivity index (χ1) is 11.5. The summed E-state index contributed by atoms with van der Waals surface area (Å²) < 4.78 is 0. The predicted molar refractivity (Wildman–Crippen MR) is 90.4 cm³/mol. The number of rotatable bonds is 3. The standard InChI is InChI=1S/C19H18N2O3/c1-13(22)16-17(20)19(24,15-10-6-3-7-11-15)21(18(16)23)12-14-8-4-2-5-9-14/h2-11,20,22,24H,12H2,1H3/b16-13+,20-17?. The van der Waals surface area contributed by atoms with E-state index in [2.05, 4.69) is 0 Å². The van der Waals surface area contributed by atoms with Crippen LogP contribution in [-0.2, 0) is 17.1 Å². The minimum Gasteiger partial charge on any atom is -0.512 e. The zero-order chi connectivity index (χ0) is 17.3. The van der Waals surface area contributed by atoms with Crippen LogP contribution < -0.4 is 0 Å². The van der Waals surface area contributed by atoms with Gasteiger partial charge in [-0.1, -0.05) is 60.7 Å². The van der Waals surface area contributed by atoms with Crippen molar-refractivity contribution in [3.8, 4) is 0 Å². The molecule has 0 saturated carbocycles. The number of amides is 1. The minimum absolute atomic E-state index is 0.129. The maximum absolute atomic E-state index is 12.8. The second-order valence-corrected chi connectivity index (χ2v) is 5.75. The summed E-state index contributed by atoms with van der Waals surface area (Å²) in [5, 5.41) is 29.4. The quantitative estimate of drug-likeness (QED) is 0.600. The van der Waals surface area contributed by atoms with E-state index in [0.717, 1.165) is 5.56 Å².